The van der Waals surface area contributed by atoms with Gasteiger partial charge in [-0.1, -0.05) is 18.2 Å². The van der Waals surface area contributed by atoms with Crippen molar-refractivity contribution in [3.8, 4) is 0 Å². The summed E-state index contributed by atoms with van der Waals surface area (Å²) in [6, 6.07) is 8.79. The molecule has 1 N–H and O–H groups in total. The number of benzene rings is 1. The summed E-state index contributed by atoms with van der Waals surface area (Å²) in [5, 5.41) is 1.16. The van der Waals surface area contributed by atoms with E-state index >= 15 is 0 Å². The van der Waals surface area contributed by atoms with Crippen LogP contribution in [0.15, 0.2) is 30.3 Å². The summed E-state index contributed by atoms with van der Waals surface area (Å²) in [6.45, 7) is 0.707. The van der Waals surface area contributed by atoms with Gasteiger partial charge >= 0.3 is 0 Å². The molecule has 22 heavy (non-hydrogen) atoms. The van der Waals surface area contributed by atoms with Crippen molar-refractivity contribution in [3.63, 3.8) is 0 Å². The number of amides is 2. The molecule has 116 valence electrons. The summed E-state index contributed by atoms with van der Waals surface area (Å²) >= 11 is 0. The Morgan fingerprint density at radius 3 is 2.27 bits per heavy atom. The van der Waals surface area contributed by atoms with Crippen LogP contribution in [0.25, 0.3) is 0 Å². The fourth-order valence-electron chi connectivity index (χ4n) is 2.64. The van der Waals surface area contributed by atoms with Gasteiger partial charge in [0.05, 0.1) is 18.9 Å². The highest BCUT2D eigenvalue weighted by molar-refractivity contribution is 6.06. The summed E-state index contributed by atoms with van der Waals surface area (Å²) in [6.07, 6.45) is -3.70. The van der Waals surface area contributed by atoms with Crippen molar-refractivity contribution in [2.24, 2.45) is 0 Å². The molecule has 8 nitrogen and oxygen atoms in total. The van der Waals surface area contributed by atoms with Crippen LogP contribution >= 0.6 is 0 Å². The molecule has 1 aromatic carbocycles. The molecule has 1 aromatic rings. The van der Waals surface area contributed by atoms with Crippen molar-refractivity contribution in [2.75, 3.05) is 18.2 Å². The average Bonchev–Trinajstić information content (AvgIpc) is 2.57. The van der Waals surface area contributed by atoms with Crippen molar-refractivity contribution < 1.29 is 28.5 Å². The second-order valence-corrected chi connectivity index (χ2v) is 5.08. The zero-order valence-corrected chi connectivity index (χ0v) is 11.5. The minimum Gasteiger partial charge on any atom is -0.346 e. The number of nitrogens with one attached hydrogen (secondary N) is 1. The molecule has 2 amide bonds. The van der Waals surface area contributed by atoms with E-state index in [-0.39, 0.29) is 0 Å². The Labute approximate surface area is 125 Å². The lowest BCUT2D eigenvalue weighted by atomic mass is 10.1. The molecular weight excluding hydrogens is 292 g/mol. The molecule has 3 aliphatic heterocycles. The lowest BCUT2D eigenvalue weighted by Crippen LogP contribution is -2.70. The molecule has 0 spiro atoms. The van der Waals surface area contributed by atoms with Gasteiger partial charge in [0.1, 0.15) is 0 Å². The van der Waals surface area contributed by atoms with Gasteiger partial charge in [-0.2, -0.15) is 0 Å². The average molecular weight is 306 g/mol. The summed E-state index contributed by atoms with van der Waals surface area (Å²) in [7, 11) is 0. The van der Waals surface area contributed by atoms with Crippen molar-refractivity contribution >= 4 is 17.5 Å². The number of para-hydroxylation sites is 1. The minimum absolute atomic E-state index is 0.352. The second kappa shape index (κ2) is 5.33. The monoisotopic (exact) mass is 306 g/mol. The zero-order valence-electron chi connectivity index (χ0n) is 11.5. The fraction of sp³-hybridized carbons (Fsp3) is 0.429. The molecule has 4 atom stereocenters. The molecule has 0 saturated carbocycles. The van der Waals surface area contributed by atoms with Crippen LogP contribution in [0.4, 0.5) is 5.69 Å². The van der Waals surface area contributed by atoms with E-state index in [9.17, 15) is 9.59 Å². The maximum Gasteiger partial charge on any atom is 0.278 e. The molecule has 8 heteroatoms. The molecule has 4 rings (SSSR count). The van der Waals surface area contributed by atoms with Gasteiger partial charge < -0.3 is 18.9 Å². The van der Waals surface area contributed by atoms with E-state index in [4.69, 9.17) is 18.9 Å². The molecule has 3 aliphatic rings. The van der Waals surface area contributed by atoms with Gasteiger partial charge in [0.25, 0.3) is 11.8 Å². The van der Waals surface area contributed by atoms with Gasteiger partial charge in [0.2, 0.25) is 12.6 Å². The SMILES string of the molecule is O=C1NN(c2ccccc2)C(=O)C2OC3OCCOC3OC12. The Morgan fingerprint density at radius 1 is 0.955 bits per heavy atom. The fourth-order valence-corrected chi connectivity index (χ4v) is 2.64. The van der Waals surface area contributed by atoms with E-state index < -0.39 is 36.6 Å². The van der Waals surface area contributed by atoms with Crippen LogP contribution in [0.2, 0.25) is 0 Å². The number of anilines is 1. The van der Waals surface area contributed by atoms with E-state index in [1.807, 2.05) is 6.07 Å². The maximum absolute atomic E-state index is 12.6. The largest absolute Gasteiger partial charge is 0.346 e. The number of hydrazine groups is 1. The topological polar surface area (TPSA) is 86.3 Å². The molecule has 0 radical (unpaired) electrons. The van der Waals surface area contributed by atoms with Crippen molar-refractivity contribution in [2.45, 2.75) is 24.8 Å². The van der Waals surface area contributed by atoms with Gasteiger partial charge in [-0.3, -0.25) is 15.0 Å². The first kappa shape index (κ1) is 13.6. The number of fused-ring (bicyclic) bond motifs is 2. The van der Waals surface area contributed by atoms with E-state index in [1.165, 1.54) is 0 Å². The number of nitrogens with zero attached hydrogens (tertiary/aromatic N) is 1. The van der Waals surface area contributed by atoms with Crippen molar-refractivity contribution in [1.82, 2.24) is 5.43 Å². The third kappa shape index (κ3) is 2.17. The highest BCUT2D eigenvalue weighted by Gasteiger charge is 2.52. The van der Waals surface area contributed by atoms with Crippen molar-refractivity contribution in [1.29, 1.82) is 0 Å². The first-order valence-corrected chi connectivity index (χ1v) is 6.98. The summed E-state index contributed by atoms with van der Waals surface area (Å²) in [5.41, 5.74) is 3.07. The first-order chi connectivity index (χ1) is 10.7. The predicted molar refractivity (Wildman–Crippen MR) is 71.3 cm³/mol. The third-order valence-electron chi connectivity index (χ3n) is 3.66. The lowest BCUT2D eigenvalue weighted by molar-refractivity contribution is -0.375. The van der Waals surface area contributed by atoms with E-state index in [1.54, 1.807) is 24.3 Å². The Hall–Kier alpha value is -2.00. The van der Waals surface area contributed by atoms with Crippen molar-refractivity contribution in [3.05, 3.63) is 30.3 Å². The van der Waals surface area contributed by atoms with Crippen LogP contribution in [0.5, 0.6) is 0 Å². The van der Waals surface area contributed by atoms with E-state index in [0.717, 1.165) is 5.01 Å². The normalized spacial score (nSPS) is 34.6. The number of hydrogen-bond acceptors (Lipinski definition) is 6. The van der Waals surface area contributed by atoms with Crippen LogP contribution in [0.1, 0.15) is 0 Å². The molecule has 0 aromatic heterocycles. The summed E-state index contributed by atoms with van der Waals surface area (Å²) < 4.78 is 21.9. The molecular formula is C14H14N2O6. The highest BCUT2D eigenvalue weighted by Crippen LogP contribution is 2.29. The van der Waals surface area contributed by atoms with E-state index in [0.29, 0.717) is 18.9 Å². The third-order valence-corrected chi connectivity index (χ3v) is 3.66. The zero-order chi connectivity index (χ0) is 15.1. The second-order valence-electron chi connectivity index (χ2n) is 5.08. The molecule has 3 saturated heterocycles. The minimum atomic E-state index is -1.06. The number of ether oxygens (including phenoxy) is 4. The predicted octanol–water partition coefficient (Wildman–Crippen LogP) is -0.453. The molecule has 0 aliphatic carbocycles. The van der Waals surface area contributed by atoms with Crippen LogP contribution in [-0.2, 0) is 28.5 Å². The number of carbonyl (C=O) groups excluding carboxylic acids is 2. The smallest absolute Gasteiger partial charge is 0.278 e. The van der Waals surface area contributed by atoms with Gasteiger partial charge in [0, 0.05) is 0 Å². The van der Waals surface area contributed by atoms with Gasteiger partial charge in [-0.05, 0) is 12.1 Å². The molecule has 0 bridgehead atoms. The van der Waals surface area contributed by atoms with Crippen LogP contribution < -0.4 is 10.4 Å². The molecule has 3 fully saturated rings. The summed E-state index contributed by atoms with van der Waals surface area (Å²) in [4.78, 5) is 24.8. The highest BCUT2D eigenvalue weighted by atomic mass is 16.8. The Balaban J connectivity index is 1.60. The van der Waals surface area contributed by atoms with Gasteiger partial charge in [0.15, 0.2) is 12.2 Å². The lowest BCUT2D eigenvalue weighted by Gasteiger charge is -2.45. The Morgan fingerprint density at radius 2 is 1.59 bits per heavy atom. The standard InChI is InChI=1S/C14H14N2O6/c17-11-9-10(22-14-13(21-9)19-6-7-20-14)12(18)16(15-11)8-4-2-1-3-5-8/h1-5,9-10,13-14H,6-7H2,(H,15,17). The Kier molecular flexibility index (Phi) is 3.30. The van der Waals surface area contributed by atoms with Crippen LogP contribution in [0.3, 0.4) is 0 Å². The number of carbonyl (C=O) groups is 2. The number of hydrogen-bond donors (Lipinski definition) is 1. The quantitative estimate of drug-likeness (QED) is 0.756. The van der Waals surface area contributed by atoms with Gasteiger partial charge in [-0.25, -0.2) is 5.01 Å². The number of rotatable bonds is 1. The maximum atomic E-state index is 12.6. The van der Waals surface area contributed by atoms with Crippen LogP contribution in [0, 0.1) is 0 Å². The first-order valence-electron chi connectivity index (χ1n) is 6.98. The van der Waals surface area contributed by atoms with Gasteiger partial charge in [-0.15, -0.1) is 0 Å². The van der Waals surface area contributed by atoms with Crippen LogP contribution in [-0.4, -0.2) is 49.8 Å². The molecule has 4 unspecified atom stereocenters. The summed E-state index contributed by atoms with van der Waals surface area (Å²) in [5.74, 6) is -0.871. The Bertz CT molecular complexity index is 594. The molecule has 3 heterocycles. The van der Waals surface area contributed by atoms with E-state index in [2.05, 4.69) is 5.43 Å².